The lowest BCUT2D eigenvalue weighted by Gasteiger charge is -2.35. The molecule has 1 aromatic carbocycles. The first kappa shape index (κ1) is 12.3. The van der Waals surface area contributed by atoms with E-state index in [1.54, 1.807) is 0 Å². The number of nitrogens with zero attached hydrogens (tertiary/aromatic N) is 2. The van der Waals surface area contributed by atoms with Gasteiger partial charge in [0, 0.05) is 37.4 Å². The maximum absolute atomic E-state index is 5.59. The number of benzene rings is 1. The number of likely N-dealkylation sites (N-methyl/N-ethyl adjacent to an activating group) is 1. The molecule has 1 aliphatic rings. The van der Waals surface area contributed by atoms with Crippen molar-refractivity contribution < 1.29 is 0 Å². The molecule has 92 valence electrons. The molecule has 4 heteroatoms. The topological polar surface area (TPSA) is 32.5 Å². The van der Waals surface area contributed by atoms with Crippen LogP contribution in [0.3, 0.4) is 0 Å². The molecule has 2 N–H and O–H groups in total. The minimum absolute atomic E-state index is 0.465. The monoisotopic (exact) mass is 249 g/mol. The molecule has 0 bridgehead atoms. The van der Waals surface area contributed by atoms with Gasteiger partial charge in [0.1, 0.15) is 4.99 Å². The van der Waals surface area contributed by atoms with Crippen LogP contribution in [0.5, 0.6) is 0 Å². The molecule has 0 unspecified atom stereocenters. The van der Waals surface area contributed by atoms with Gasteiger partial charge >= 0.3 is 0 Å². The molecule has 1 heterocycles. The average molecular weight is 249 g/mol. The van der Waals surface area contributed by atoms with E-state index in [0.717, 1.165) is 38.3 Å². The van der Waals surface area contributed by atoms with Gasteiger partial charge in [-0.3, -0.25) is 0 Å². The molecule has 1 fully saturated rings. The molecule has 0 saturated carbocycles. The zero-order valence-electron chi connectivity index (χ0n) is 10.2. The van der Waals surface area contributed by atoms with Crippen LogP contribution in [-0.4, -0.2) is 42.6 Å². The highest BCUT2D eigenvalue weighted by atomic mass is 32.1. The minimum Gasteiger partial charge on any atom is -0.389 e. The van der Waals surface area contributed by atoms with E-state index in [9.17, 15) is 0 Å². The van der Waals surface area contributed by atoms with Crippen LogP contribution in [0.15, 0.2) is 24.3 Å². The number of anilines is 1. The summed E-state index contributed by atoms with van der Waals surface area (Å²) in [7, 11) is 0. The summed E-state index contributed by atoms with van der Waals surface area (Å²) in [6.07, 6.45) is 0. The first-order chi connectivity index (χ1) is 8.20. The Morgan fingerprint density at radius 1 is 1.18 bits per heavy atom. The normalized spacial score (nSPS) is 17.1. The summed E-state index contributed by atoms with van der Waals surface area (Å²) in [5.41, 5.74) is 7.79. The zero-order chi connectivity index (χ0) is 12.3. The summed E-state index contributed by atoms with van der Waals surface area (Å²) >= 11 is 4.95. The predicted octanol–water partition coefficient (Wildman–Crippen LogP) is 1.46. The smallest absolute Gasteiger partial charge is 0.103 e. The highest BCUT2D eigenvalue weighted by Crippen LogP contribution is 2.17. The fourth-order valence-electron chi connectivity index (χ4n) is 2.16. The SMILES string of the molecule is CCN1CCN(c2ccc(C(N)=S)cc2)CC1. The van der Waals surface area contributed by atoms with E-state index in [-0.39, 0.29) is 0 Å². The Labute approximate surface area is 108 Å². The molecule has 0 spiro atoms. The molecule has 0 aliphatic carbocycles. The van der Waals surface area contributed by atoms with Crippen LogP contribution in [-0.2, 0) is 0 Å². The Kier molecular flexibility index (Phi) is 3.97. The molecule has 1 saturated heterocycles. The third kappa shape index (κ3) is 2.96. The van der Waals surface area contributed by atoms with Crippen molar-refractivity contribution in [3.8, 4) is 0 Å². The molecule has 0 amide bonds. The molecule has 0 aromatic heterocycles. The maximum atomic E-state index is 5.59. The fraction of sp³-hybridized carbons (Fsp3) is 0.462. The van der Waals surface area contributed by atoms with Gasteiger partial charge in [0.05, 0.1) is 0 Å². The minimum atomic E-state index is 0.465. The van der Waals surface area contributed by atoms with Gasteiger partial charge in [-0.05, 0) is 30.8 Å². The van der Waals surface area contributed by atoms with Gasteiger partial charge in [-0.25, -0.2) is 0 Å². The van der Waals surface area contributed by atoms with Gasteiger partial charge in [-0.2, -0.15) is 0 Å². The van der Waals surface area contributed by atoms with E-state index >= 15 is 0 Å². The summed E-state index contributed by atoms with van der Waals surface area (Å²) in [6.45, 7) is 7.85. The van der Waals surface area contributed by atoms with Crippen molar-refractivity contribution in [2.24, 2.45) is 5.73 Å². The van der Waals surface area contributed by atoms with E-state index in [1.165, 1.54) is 5.69 Å². The largest absolute Gasteiger partial charge is 0.389 e. The molecule has 0 atom stereocenters. The van der Waals surface area contributed by atoms with Crippen LogP contribution >= 0.6 is 12.2 Å². The molecule has 3 nitrogen and oxygen atoms in total. The highest BCUT2D eigenvalue weighted by Gasteiger charge is 2.15. The van der Waals surface area contributed by atoms with Crippen LogP contribution in [0.1, 0.15) is 12.5 Å². The number of rotatable bonds is 3. The molecule has 17 heavy (non-hydrogen) atoms. The van der Waals surface area contributed by atoms with Gasteiger partial charge in [0.25, 0.3) is 0 Å². The van der Waals surface area contributed by atoms with E-state index in [4.69, 9.17) is 18.0 Å². The summed E-state index contributed by atoms with van der Waals surface area (Å²) in [5, 5.41) is 0. The van der Waals surface area contributed by atoms with E-state index in [1.807, 2.05) is 12.1 Å². The third-order valence-corrected chi connectivity index (χ3v) is 3.57. The Hall–Kier alpha value is -1.13. The Bertz CT molecular complexity index is 380. The molecule has 1 aliphatic heterocycles. The Balaban J connectivity index is 2.01. The molecule has 2 rings (SSSR count). The lowest BCUT2D eigenvalue weighted by Crippen LogP contribution is -2.46. The Morgan fingerprint density at radius 2 is 1.76 bits per heavy atom. The van der Waals surface area contributed by atoms with Crippen molar-refractivity contribution in [3.05, 3.63) is 29.8 Å². The standard InChI is InChI=1S/C13H19N3S/c1-2-15-7-9-16(10-8-15)12-5-3-11(4-6-12)13(14)17/h3-6H,2,7-10H2,1H3,(H2,14,17). The second-order valence-electron chi connectivity index (χ2n) is 4.33. The number of hydrogen-bond donors (Lipinski definition) is 1. The summed E-state index contributed by atoms with van der Waals surface area (Å²) < 4.78 is 0. The van der Waals surface area contributed by atoms with E-state index in [2.05, 4.69) is 28.9 Å². The third-order valence-electron chi connectivity index (χ3n) is 3.34. The van der Waals surface area contributed by atoms with Crippen molar-refractivity contribution in [2.45, 2.75) is 6.92 Å². The first-order valence-corrected chi connectivity index (χ1v) is 6.48. The van der Waals surface area contributed by atoms with Crippen molar-refractivity contribution in [1.82, 2.24) is 4.90 Å². The van der Waals surface area contributed by atoms with Gasteiger partial charge in [-0.15, -0.1) is 0 Å². The molecular formula is C13H19N3S. The number of thiocarbonyl (C=S) groups is 1. The highest BCUT2D eigenvalue weighted by molar-refractivity contribution is 7.80. The van der Waals surface area contributed by atoms with Crippen molar-refractivity contribution in [3.63, 3.8) is 0 Å². The number of hydrogen-bond acceptors (Lipinski definition) is 3. The fourth-order valence-corrected chi connectivity index (χ4v) is 2.29. The Morgan fingerprint density at radius 3 is 2.24 bits per heavy atom. The second kappa shape index (κ2) is 5.47. The van der Waals surface area contributed by atoms with Crippen LogP contribution in [0.4, 0.5) is 5.69 Å². The van der Waals surface area contributed by atoms with Crippen LogP contribution in [0.2, 0.25) is 0 Å². The quantitative estimate of drug-likeness (QED) is 0.822. The van der Waals surface area contributed by atoms with Crippen LogP contribution in [0, 0.1) is 0 Å². The van der Waals surface area contributed by atoms with Crippen molar-refractivity contribution in [2.75, 3.05) is 37.6 Å². The predicted molar refractivity (Wildman–Crippen MR) is 76.7 cm³/mol. The number of piperazine rings is 1. The summed E-state index contributed by atoms with van der Waals surface area (Å²) in [4.78, 5) is 5.35. The summed E-state index contributed by atoms with van der Waals surface area (Å²) in [5.74, 6) is 0. The zero-order valence-corrected chi connectivity index (χ0v) is 11.0. The van der Waals surface area contributed by atoms with Crippen LogP contribution < -0.4 is 10.6 Å². The van der Waals surface area contributed by atoms with Gasteiger partial charge in [0.2, 0.25) is 0 Å². The van der Waals surface area contributed by atoms with Crippen molar-refractivity contribution >= 4 is 22.9 Å². The lowest BCUT2D eigenvalue weighted by atomic mass is 10.2. The van der Waals surface area contributed by atoms with E-state index < -0.39 is 0 Å². The first-order valence-electron chi connectivity index (χ1n) is 6.08. The maximum Gasteiger partial charge on any atom is 0.103 e. The van der Waals surface area contributed by atoms with Gasteiger partial charge in [-0.1, -0.05) is 19.1 Å². The molecular weight excluding hydrogens is 230 g/mol. The van der Waals surface area contributed by atoms with Gasteiger partial charge in [0.15, 0.2) is 0 Å². The second-order valence-corrected chi connectivity index (χ2v) is 4.77. The number of nitrogens with two attached hydrogens (primary N) is 1. The molecule has 1 aromatic rings. The van der Waals surface area contributed by atoms with E-state index in [0.29, 0.717) is 4.99 Å². The summed E-state index contributed by atoms with van der Waals surface area (Å²) in [6, 6.07) is 8.22. The average Bonchev–Trinajstić information content (AvgIpc) is 2.39. The lowest BCUT2D eigenvalue weighted by molar-refractivity contribution is 0.271. The van der Waals surface area contributed by atoms with Crippen LogP contribution in [0.25, 0.3) is 0 Å². The van der Waals surface area contributed by atoms with Gasteiger partial charge < -0.3 is 15.5 Å². The van der Waals surface area contributed by atoms with Crippen molar-refractivity contribution in [1.29, 1.82) is 0 Å². The molecule has 0 radical (unpaired) electrons.